The third-order valence-electron chi connectivity index (χ3n) is 2.84. The van der Waals surface area contributed by atoms with Gasteiger partial charge in [-0.25, -0.2) is 5.01 Å². The van der Waals surface area contributed by atoms with E-state index in [2.05, 4.69) is 23.2 Å². The van der Waals surface area contributed by atoms with Crippen LogP contribution in [0.2, 0.25) is 0 Å². The van der Waals surface area contributed by atoms with Crippen molar-refractivity contribution >= 4 is 11.5 Å². The number of nitrogens with one attached hydrogen (secondary N) is 1. The highest BCUT2D eigenvalue weighted by atomic mass is 15.6. The lowest BCUT2D eigenvalue weighted by molar-refractivity contribution is 0.179. The largest absolute Gasteiger partial charge is 0.287 e. The zero-order chi connectivity index (χ0) is 11.5. The van der Waals surface area contributed by atoms with Crippen LogP contribution in [0.4, 0.5) is 0 Å². The lowest BCUT2D eigenvalue weighted by Crippen LogP contribution is -2.34. The maximum absolute atomic E-state index is 7.96. The van der Waals surface area contributed by atoms with Crippen molar-refractivity contribution < 1.29 is 0 Å². The van der Waals surface area contributed by atoms with Gasteiger partial charge in [-0.1, -0.05) is 36.4 Å². The number of rotatable bonds is 2. The fraction of sp³-hybridized carbons (Fsp3) is 0.308. The van der Waals surface area contributed by atoms with E-state index in [1.54, 1.807) is 0 Å². The number of nitrogens with zero attached hydrogens (tertiary/aromatic N) is 2. The fourth-order valence-electron chi connectivity index (χ4n) is 2.03. The lowest BCUT2D eigenvalue weighted by Gasteiger charge is -2.28. The van der Waals surface area contributed by atoms with Crippen LogP contribution in [0.3, 0.4) is 0 Å². The SMILES string of the molecule is C/C=C(/c1ccccc1)N1C(=N)CCN1C. The molecule has 0 unspecified atom stereocenters. The molecule has 1 heterocycles. The van der Waals surface area contributed by atoms with Crippen LogP contribution in [0.5, 0.6) is 0 Å². The van der Waals surface area contributed by atoms with Crippen LogP contribution in [-0.4, -0.2) is 29.4 Å². The van der Waals surface area contributed by atoms with Crippen LogP contribution < -0.4 is 0 Å². The Bertz CT molecular complexity index is 408. The Kier molecular flexibility index (Phi) is 3.06. The molecule has 16 heavy (non-hydrogen) atoms. The molecule has 0 aromatic heterocycles. The van der Waals surface area contributed by atoms with Crippen LogP contribution in [0.15, 0.2) is 36.4 Å². The van der Waals surface area contributed by atoms with Crippen LogP contribution in [0, 0.1) is 5.41 Å². The van der Waals surface area contributed by atoms with Gasteiger partial charge >= 0.3 is 0 Å². The third-order valence-corrected chi connectivity index (χ3v) is 2.84. The number of hydrogen-bond donors (Lipinski definition) is 1. The summed E-state index contributed by atoms with van der Waals surface area (Å²) in [6.45, 7) is 2.94. The molecule has 1 aliphatic rings. The first-order valence-electron chi connectivity index (χ1n) is 5.54. The van der Waals surface area contributed by atoms with E-state index < -0.39 is 0 Å². The van der Waals surface area contributed by atoms with Gasteiger partial charge < -0.3 is 0 Å². The van der Waals surface area contributed by atoms with Gasteiger partial charge in [0.2, 0.25) is 0 Å². The molecule has 0 bridgehead atoms. The molecule has 1 aromatic carbocycles. The summed E-state index contributed by atoms with van der Waals surface area (Å²) >= 11 is 0. The number of benzene rings is 1. The molecule has 0 saturated carbocycles. The number of allylic oxidation sites excluding steroid dienone is 1. The number of hydrogen-bond acceptors (Lipinski definition) is 2. The minimum Gasteiger partial charge on any atom is -0.287 e. The summed E-state index contributed by atoms with van der Waals surface area (Å²) in [5.74, 6) is 0.666. The molecule has 0 spiro atoms. The van der Waals surface area contributed by atoms with Gasteiger partial charge in [-0.3, -0.25) is 10.4 Å². The molecular weight excluding hydrogens is 198 g/mol. The second-order valence-corrected chi connectivity index (χ2v) is 3.93. The monoisotopic (exact) mass is 215 g/mol. The molecule has 3 heteroatoms. The van der Waals surface area contributed by atoms with Crippen molar-refractivity contribution in [3.63, 3.8) is 0 Å². The highest BCUT2D eigenvalue weighted by Gasteiger charge is 2.26. The van der Waals surface area contributed by atoms with Gasteiger partial charge in [-0.2, -0.15) is 0 Å². The fourth-order valence-corrected chi connectivity index (χ4v) is 2.03. The maximum atomic E-state index is 7.96. The summed E-state index contributed by atoms with van der Waals surface area (Å²) in [5, 5.41) is 12.0. The molecule has 1 saturated heterocycles. The van der Waals surface area contributed by atoms with E-state index in [1.807, 2.05) is 37.2 Å². The average Bonchev–Trinajstić information content (AvgIpc) is 2.63. The van der Waals surface area contributed by atoms with Crippen molar-refractivity contribution in [3.8, 4) is 0 Å². The first kappa shape index (κ1) is 10.9. The van der Waals surface area contributed by atoms with E-state index in [4.69, 9.17) is 5.41 Å². The van der Waals surface area contributed by atoms with Crippen molar-refractivity contribution in [1.29, 1.82) is 5.41 Å². The van der Waals surface area contributed by atoms with E-state index >= 15 is 0 Å². The molecule has 84 valence electrons. The highest BCUT2D eigenvalue weighted by molar-refractivity contribution is 5.89. The molecule has 1 fully saturated rings. The first-order chi connectivity index (χ1) is 7.74. The van der Waals surface area contributed by atoms with Crippen LogP contribution in [0.25, 0.3) is 5.70 Å². The summed E-state index contributed by atoms with van der Waals surface area (Å²) in [4.78, 5) is 0. The van der Waals surface area contributed by atoms with E-state index in [0.717, 1.165) is 24.2 Å². The van der Waals surface area contributed by atoms with E-state index in [1.165, 1.54) is 0 Å². The summed E-state index contributed by atoms with van der Waals surface area (Å²) in [5.41, 5.74) is 2.24. The lowest BCUT2D eigenvalue weighted by atomic mass is 10.1. The third kappa shape index (κ3) is 1.86. The molecule has 0 amide bonds. The minimum atomic E-state index is 0.666. The second-order valence-electron chi connectivity index (χ2n) is 3.93. The molecule has 2 rings (SSSR count). The highest BCUT2D eigenvalue weighted by Crippen LogP contribution is 2.24. The van der Waals surface area contributed by atoms with E-state index in [-0.39, 0.29) is 0 Å². The van der Waals surface area contributed by atoms with Crippen LogP contribution >= 0.6 is 0 Å². The Morgan fingerprint density at radius 2 is 2.00 bits per heavy atom. The van der Waals surface area contributed by atoms with Gasteiger partial charge in [-0.05, 0) is 12.5 Å². The van der Waals surface area contributed by atoms with Gasteiger partial charge in [0.1, 0.15) is 5.84 Å². The van der Waals surface area contributed by atoms with Gasteiger partial charge in [-0.15, -0.1) is 0 Å². The number of amidine groups is 1. The summed E-state index contributed by atoms with van der Waals surface area (Å²) in [6, 6.07) is 10.2. The van der Waals surface area contributed by atoms with Crippen molar-refractivity contribution in [3.05, 3.63) is 42.0 Å². The van der Waals surface area contributed by atoms with Crippen molar-refractivity contribution in [2.24, 2.45) is 0 Å². The van der Waals surface area contributed by atoms with E-state index in [0.29, 0.717) is 5.84 Å². The van der Waals surface area contributed by atoms with Gasteiger partial charge in [0.05, 0.1) is 5.70 Å². The predicted molar refractivity (Wildman–Crippen MR) is 66.9 cm³/mol. The van der Waals surface area contributed by atoms with Crippen molar-refractivity contribution in [1.82, 2.24) is 10.0 Å². The average molecular weight is 215 g/mol. The maximum Gasteiger partial charge on any atom is 0.117 e. The topological polar surface area (TPSA) is 30.3 Å². The Morgan fingerprint density at radius 3 is 2.50 bits per heavy atom. The second kappa shape index (κ2) is 4.49. The van der Waals surface area contributed by atoms with Crippen LogP contribution in [0.1, 0.15) is 18.9 Å². The Hall–Kier alpha value is -1.61. The van der Waals surface area contributed by atoms with Gasteiger partial charge in [0, 0.05) is 20.0 Å². The van der Waals surface area contributed by atoms with Gasteiger partial charge in [0.15, 0.2) is 0 Å². The number of hydrazine groups is 1. The Labute approximate surface area is 96.5 Å². The minimum absolute atomic E-state index is 0.666. The molecule has 0 aliphatic carbocycles. The summed E-state index contributed by atoms with van der Waals surface area (Å²) < 4.78 is 0. The standard InChI is InChI=1S/C13H17N3/c1-3-12(11-7-5-4-6-8-11)16-13(14)9-10-15(16)2/h3-8,14H,9-10H2,1-2H3/b12-3-,14-13?. The molecule has 1 N–H and O–H groups in total. The van der Waals surface area contributed by atoms with Crippen LogP contribution in [-0.2, 0) is 0 Å². The van der Waals surface area contributed by atoms with Gasteiger partial charge in [0.25, 0.3) is 0 Å². The predicted octanol–water partition coefficient (Wildman–Crippen LogP) is 2.58. The molecule has 1 aliphatic heterocycles. The Morgan fingerprint density at radius 1 is 1.31 bits per heavy atom. The first-order valence-corrected chi connectivity index (χ1v) is 5.54. The molecular formula is C13H17N3. The molecule has 3 nitrogen and oxygen atoms in total. The summed E-state index contributed by atoms with van der Waals surface area (Å²) in [7, 11) is 2.02. The van der Waals surface area contributed by atoms with E-state index in [9.17, 15) is 0 Å². The molecule has 1 aromatic rings. The molecule has 0 atom stereocenters. The zero-order valence-electron chi connectivity index (χ0n) is 9.77. The Balaban J connectivity index is 2.34. The molecule has 0 radical (unpaired) electrons. The van der Waals surface area contributed by atoms with Crippen molar-refractivity contribution in [2.45, 2.75) is 13.3 Å². The van der Waals surface area contributed by atoms with Crippen molar-refractivity contribution in [2.75, 3.05) is 13.6 Å². The quantitative estimate of drug-likeness (QED) is 0.822. The smallest absolute Gasteiger partial charge is 0.117 e. The zero-order valence-corrected chi connectivity index (χ0v) is 9.77. The normalized spacial score (nSPS) is 18.2. The summed E-state index contributed by atoms with van der Waals surface area (Å²) in [6.07, 6.45) is 2.88.